The predicted octanol–water partition coefficient (Wildman–Crippen LogP) is 6.17. The maximum absolute atomic E-state index is 13.9. The lowest BCUT2D eigenvalue weighted by Gasteiger charge is -2.53. The lowest BCUT2D eigenvalue weighted by Crippen LogP contribution is -2.59. The summed E-state index contributed by atoms with van der Waals surface area (Å²) in [7, 11) is 0. The first-order valence-corrected chi connectivity index (χ1v) is 13.8. The molecule has 3 aliphatic rings. The van der Waals surface area contributed by atoms with E-state index in [2.05, 4.69) is 0 Å². The zero-order valence-electron chi connectivity index (χ0n) is 23.3. The van der Waals surface area contributed by atoms with Gasteiger partial charge in [0.15, 0.2) is 5.78 Å². The molecule has 2 aromatic carbocycles. The van der Waals surface area contributed by atoms with Crippen molar-refractivity contribution in [1.29, 1.82) is 0 Å². The van der Waals surface area contributed by atoms with Crippen molar-refractivity contribution in [3.05, 3.63) is 83.3 Å². The number of carbonyl (C=O) groups is 3. The van der Waals surface area contributed by atoms with Crippen LogP contribution in [0.1, 0.15) is 57.0 Å². The van der Waals surface area contributed by atoms with Crippen molar-refractivity contribution in [3.8, 4) is 0 Å². The van der Waals surface area contributed by atoms with Gasteiger partial charge in [-0.15, -0.1) is 0 Å². The molecule has 0 N–H and O–H groups in total. The molecule has 40 heavy (non-hydrogen) atoms. The third-order valence-corrected chi connectivity index (χ3v) is 8.23. The van der Waals surface area contributed by atoms with E-state index >= 15 is 0 Å². The van der Waals surface area contributed by atoms with Gasteiger partial charge in [0.1, 0.15) is 12.2 Å². The van der Waals surface area contributed by atoms with Crippen LogP contribution >= 0.6 is 0 Å². The minimum atomic E-state index is -0.705. The minimum absolute atomic E-state index is 0.0409. The number of piperidine rings is 1. The van der Waals surface area contributed by atoms with Crippen LogP contribution in [0.4, 0.5) is 9.59 Å². The molecule has 0 aliphatic carbocycles. The van der Waals surface area contributed by atoms with Crippen molar-refractivity contribution in [3.63, 3.8) is 0 Å². The van der Waals surface area contributed by atoms with Crippen LogP contribution in [-0.4, -0.2) is 45.7 Å². The molecule has 3 aromatic rings. The monoisotopic (exact) mass is 542 g/mol. The van der Waals surface area contributed by atoms with Gasteiger partial charge in [0.05, 0.1) is 30.1 Å². The van der Waals surface area contributed by atoms with E-state index in [9.17, 15) is 14.4 Å². The van der Waals surface area contributed by atoms with Crippen molar-refractivity contribution >= 4 is 28.9 Å². The van der Waals surface area contributed by atoms with Gasteiger partial charge in [-0.05, 0) is 57.7 Å². The fourth-order valence-electron chi connectivity index (χ4n) is 6.65. The molecule has 6 rings (SSSR count). The summed E-state index contributed by atoms with van der Waals surface area (Å²) in [5, 5.41) is 0.966. The van der Waals surface area contributed by atoms with Crippen LogP contribution in [0, 0.1) is 11.8 Å². The van der Waals surface area contributed by atoms with Gasteiger partial charge in [0, 0.05) is 28.8 Å². The first-order chi connectivity index (χ1) is 19.1. The van der Waals surface area contributed by atoms with Gasteiger partial charge >= 0.3 is 12.2 Å². The zero-order chi connectivity index (χ0) is 28.2. The number of rotatable bonds is 3. The van der Waals surface area contributed by atoms with E-state index in [1.165, 1.54) is 0 Å². The number of fused-ring (bicyclic) bond motifs is 8. The Morgan fingerprint density at radius 1 is 1.00 bits per heavy atom. The summed E-state index contributed by atoms with van der Waals surface area (Å²) in [5.41, 5.74) is 3.32. The lowest BCUT2D eigenvalue weighted by atomic mass is 9.67. The second-order valence-corrected chi connectivity index (χ2v) is 11.9. The maximum Gasteiger partial charge on any atom is 0.419 e. The van der Waals surface area contributed by atoms with E-state index in [-0.39, 0.29) is 30.3 Å². The number of amides is 1. The molecular formula is C32H34N2O6. The third kappa shape index (κ3) is 4.45. The third-order valence-electron chi connectivity index (χ3n) is 8.23. The molecule has 1 amide bonds. The first-order valence-electron chi connectivity index (χ1n) is 13.8. The Morgan fingerprint density at radius 2 is 1.73 bits per heavy atom. The number of aromatic nitrogens is 1. The average Bonchev–Trinajstić information content (AvgIpc) is 3.25. The number of hydrogen-bond acceptors (Lipinski definition) is 6. The van der Waals surface area contributed by atoms with E-state index in [0.29, 0.717) is 25.0 Å². The highest BCUT2D eigenvalue weighted by molar-refractivity contribution is 5.95. The second-order valence-electron chi connectivity index (χ2n) is 11.9. The number of nitrogens with zero attached hydrogens (tertiary/aromatic N) is 2. The summed E-state index contributed by atoms with van der Waals surface area (Å²) >= 11 is 0. The highest BCUT2D eigenvalue weighted by atomic mass is 16.6. The van der Waals surface area contributed by atoms with E-state index < -0.39 is 23.8 Å². The van der Waals surface area contributed by atoms with Crippen molar-refractivity contribution in [2.24, 2.45) is 11.8 Å². The smallest absolute Gasteiger partial charge is 0.419 e. The molecule has 0 radical (unpaired) electrons. The van der Waals surface area contributed by atoms with Crippen LogP contribution in [-0.2, 0) is 32.0 Å². The zero-order valence-corrected chi connectivity index (χ0v) is 23.3. The summed E-state index contributed by atoms with van der Waals surface area (Å²) in [6.07, 6.45) is 1.63. The van der Waals surface area contributed by atoms with Crippen molar-refractivity contribution in [1.82, 2.24) is 9.47 Å². The van der Waals surface area contributed by atoms with E-state index in [0.717, 1.165) is 27.7 Å². The van der Waals surface area contributed by atoms with Crippen LogP contribution in [0.15, 0.2) is 66.4 Å². The Bertz CT molecular complexity index is 1520. The Hall–Kier alpha value is -4.07. The fraction of sp³-hybridized carbons (Fsp3) is 0.406. The van der Waals surface area contributed by atoms with Gasteiger partial charge in [0.2, 0.25) is 0 Å². The molecule has 8 heteroatoms. The molecule has 2 bridgehead atoms. The SMILES string of the molecule is CC(=O)C1=COC[C@@H]2[C@H]1C[C@H]1c3c(c4ccccc4n3C(=O)OC(C)(C)C)C[C@@H]2N1C(=O)OCc1ccccc1. The van der Waals surface area contributed by atoms with Crippen molar-refractivity contribution in [2.75, 3.05) is 6.61 Å². The molecule has 0 spiro atoms. The molecule has 1 saturated heterocycles. The Kier molecular flexibility index (Phi) is 6.44. The first kappa shape index (κ1) is 26.2. The van der Waals surface area contributed by atoms with Crippen LogP contribution in [0.25, 0.3) is 10.9 Å². The van der Waals surface area contributed by atoms with Crippen molar-refractivity contribution < 1.29 is 28.6 Å². The topological polar surface area (TPSA) is 87.1 Å². The molecule has 208 valence electrons. The Labute approximate surface area is 233 Å². The number of para-hydroxylation sites is 1. The van der Waals surface area contributed by atoms with E-state index in [1.807, 2.05) is 75.4 Å². The quantitative estimate of drug-likeness (QED) is 0.394. The standard InChI is InChI=1S/C32H34N2O6/c1-19(35)24-17-38-18-25-22(24)14-28-29-23(15-27(25)33(28)30(36)39-16-20-10-6-5-7-11-20)21-12-8-9-13-26(21)34(29)31(37)40-32(2,3)4/h5-13,17,22,25,27-28H,14-16,18H2,1-4H3/t22-,25+,27-,28-/m0/s1. The molecule has 0 unspecified atom stereocenters. The highest BCUT2D eigenvalue weighted by Crippen LogP contribution is 2.52. The highest BCUT2D eigenvalue weighted by Gasteiger charge is 2.54. The fourth-order valence-corrected chi connectivity index (χ4v) is 6.65. The van der Waals surface area contributed by atoms with Gasteiger partial charge in [-0.2, -0.15) is 0 Å². The summed E-state index contributed by atoms with van der Waals surface area (Å²) in [4.78, 5) is 42.0. The average molecular weight is 543 g/mol. The van der Waals surface area contributed by atoms with Crippen LogP contribution in [0.3, 0.4) is 0 Å². The molecular weight excluding hydrogens is 508 g/mol. The van der Waals surface area contributed by atoms with Crippen LogP contribution in [0.2, 0.25) is 0 Å². The molecule has 4 heterocycles. The number of allylic oxidation sites excluding steroid dienone is 1. The van der Waals surface area contributed by atoms with Gasteiger partial charge in [-0.1, -0.05) is 48.5 Å². The minimum Gasteiger partial charge on any atom is -0.500 e. The van der Waals surface area contributed by atoms with Gasteiger partial charge < -0.3 is 14.2 Å². The molecule has 0 saturated carbocycles. The number of hydrogen-bond donors (Lipinski definition) is 0. The van der Waals surface area contributed by atoms with E-state index in [4.69, 9.17) is 14.2 Å². The summed E-state index contributed by atoms with van der Waals surface area (Å²) in [6.45, 7) is 7.61. The van der Waals surface area contributed by atoms with Gasteiger partial charge in [-0.25, -0.2) is 14.2 Å². The summed E-state index contributed by atoms with van der Waals surface area (Å²) in [6, 6.07) is 16.6. The number of Topliss-reactive ketones (excluding diaryl/α,β-unsaturated/α-hetero) is 1. The van der Waals surface area contributed by atoms with Gasteiger partial charge in [-0.3, -0.25) is 9.69 Å². The maximum atomic E-state index is 13.9. The number of benzene rings is 2. The normalized spacial score (nSPS) is 23.4. The largest absolute Gasteiger partial charge is 0.500 e. The Morgan fingerprint density at radius 3 is 2.45 bits per heavy atom. The molecule has 1 aromatic heterocycles. The number of carbonyl (C=O) groups excluding carboxylic acids is 3. The van der Waals surface area contributed by atoms with Crippen LogP contribution < -0.4 is 0 Å². The predicted molar refractivity (Wildman–Crippen MR) is 149 cm³/mol. The second kappa shape index (κ2) is 9.84. The number of ketones is 1. The molecule has 8 nitrogen and oxygen atoms in total. The lowest BCUT2D eigenvalue weighted by molar-refractivity contribution is -0.116. The van der Waals surface area contributed by atoms with Crippen LogP contribution in [0.5, 0.6) is 0 Å². The summed E-state index contributed by atoms with van der Waals surface area (Å²) < 4.78 is 19.2. The molecule has 1 fully saturated rings. The molecule has 3 aliphatic heterocycles. The van der Waals surface area contributed by atoms with Crippen molar-refractivity contribution in [2.45, 2.75) is 64.8 Å². The molecule has 4 atom stereocenters. The van der Waals surface area contributed by atoms with Gasteiger partial charge in [0.25, 0.3) is 0 Å². The Balaban J connectivity index is 1.48. The number of ether oxygens (including phenoxy) is 3. The van der Waals surface area contributed by atoms with E-state index in [1.54, 1.807) is 22.7 Å². The summed E-state index contributed by atoms with van der Waals surface area (Å²) in [5.74, 6) is -0.223.